The minimum Gasteiger partial charge on any atom is -0.361 e. The van der Waals surface area contributed by atoms with Gasteiger partial charge in [0.25, 0.3) is 0 Å². The van der Waals surface area contributed by atoms with E-state index in [1.54, 1.807) is 11.8 Å². The highest BCUT2D eigenvalue weighted by Gasteiger charge is 2.26. The molecule has 0 fully saturated rings. The number of hydrogen-bond acceptors (Lipinski definition) is 2. The van der Waals surface area contributed by atoms with Gasteiger partial charge in [0, 0.05) is 36.2 Å². The molecule has 0 aliphatic heterocycles. The van der Waals surface area contributed by atoms with Crippen molar-refractivity contribution in [3.05, 3.63) is 71.4 Å². The van der Waals surface area contributed by atoms with Crippen LogP contribution in [-0.4, -0.2) is 51.1 Å². The highest BCUT2D eigenvalue weighted by molar-refractivity contribution is 6.30. The van der Waals surface area contributed by atoms with Crippen molar-refractivity contribution < 1.29 is 9.59 Å². The van der Waals surface area contributed by atoms with Crippen molar-refractivity contribution in [1.82, 2.24) is 14.8 Å². The lowest BCUT2D eigenvalue weighted by Crippen LogP contribution is -2.48. The molecule has 0 aliphatic carbocycles. The number of carbonyl (C=O) groups is 2. The zero-order valence-electron chi connectivity index (χ0n) is 19.3. The van der Waals surface area contributed by atoms with Gasteiger partial charge < -0.3 is 14.8 Å². The number of amides is 2. The first-order valence-electron chi connectivity index (χ1n) is 11.1. The Kier molecular flexibility index (Phi) is 7.97. The Morgan fingerprint density at radius 3 is 2.38 bits per heavy atom. The number of benzene rings is 2. The molecule has 3 rings (SSSR count). The van der Waals surface area contributed by atoms with Crippen LogP contribution in [0.4, 0.5) is 0 Å². The Bertz CT molecular complexity index is 1060. The van der Waals surface area contributed by atoms with E-state index in [0.29, 0.717) is 13.1 Å². The molecule has 2 aromatic carbocycles. The molecular formula is C26H32ClN3O2. The third-order valence-electron chi connectivity index (χ3n) is 5.73. The predicted octanol–water partition coefficient (Wildman–Crippen LogP) is 4.91. The van der Waals surface area contributed by atoms with Crippen molar-refractivity contribution >= 4 is 34.3 Å². The van der Waals surface area contributed by atoms with E-state index >= 15 is 0 Å². The smallest absolute Gasteiger partial charge is 0.242 e. The third kappa shape index (κ3) is 5.92. The summed E-state index contributed by atoms with van der Waals surface area (Å²) < 4.78 is 0. The van der Waals surface area contributed by atoms with E-state index in [9.17, 15) is 9.59 Å². The molecule has 0 saturated heterocycles. The van der Waals surface area contributed by atoms with Crippen LogP contribution in [-0.2, 0) is 22.6 Å². The van der Waals surface area contributed by atoms with Crippen molar-refractivity contribution in [3.8, 4) is 0 Å². The van der Waals surface area contributed by atoms with Gasteiger partial charge in [0.2, 0.25) is 11.8 Å². The van der Waals surface area contributed by atoms with Gasteiger partial charge in [-0.25, -0.2) is 0 Å². The molecule has 0 spiro atoms. The maximum Gasteiger partial charge on any atom is 0.242 e. The lowest BCUT2D eigenvalue weighted by molar-refractivity contribution is -0.142. The molecule has 0 aliphatic rings. The summed E-state index contributed by atoms with van der Waals surface area (Å²) in [6.07, 6.45) is 2.74. The Labute approximate surface area is 195 Å². The van der Waals surface area contributed by atoms with Crippen LogP contribution in [0.15, 0.2) is 54.7 Å². The molecule has 0 saturated carbocycles. The molecule has 170 valence electrons. The van der Waals surface area contributed by atoms with E-state index in [1.807, 2.05) is 62.2 Å². The summed E-state index contributed by atoms with van der Waals surface area (Å²) in [7, 11) is 0. The molecule has 1 N–H and O–H groups in total. The second kappa shape index (κ2) is 10.7. The van der Waals surface area contributed by atoms with Gasteiger partial charge in [0.05, 0.1) is 0 Å². The molecule has 0 radical (unpaired) electrons. The maximum atomic E-state index is 13.4. The number of hydrogen-bond donors (Lipinski definition) is 1. The summed E-state index contributed by atoms with van der Waals surface area (Å²) in [6, 6.07) is 16.3. The van der Waals surface area contributed by atoms with Crippen molar-refractivity contribution in [2.24, 2.45) is 0 Å². The number of para-hydroxylation sites is 1. The molecule has 1 aromatic heterocycles. The van der Waals surface area contributed by atoms with Gasteiger partial charge in [-0.2, -0.15) is 0 Å². The fourth-order valence-electron chi connectivity index (χ4n) is 3.79. The Morgan fingerprint density at radius 2 is 1.72 bits per heavy atom. The zero-order chi connectivity index (χ0) is 23.3. The van der Waals surface area contributed by atoms with Gasteiger partial charge in [-0.1, -0.05) is 48.0 Å². The summed E-state index contributed by atoms with van der Waals surface area (Å²) in [5, 5.41) is 0.507. The zero-order valence-corrected chi connectivity index (χ0v) is 20.0. The number of rotatable bonds is 9. The molecule has 1 unspecified atom stereocenters. The van der Waals surface area contributed by atoms with Crippen LogP contribution in [0.5, 0.6) is 0 Å². The number of alkyl halides is 1. The lowest BCUT2D eigenvalue weighted by Gasteiger charge is -2.31. The van der Waals surface area contributed by atoms with Crippen LogP contribution in [0, 0.1) is 6.92 Å². The van der Waals surface area contributed by atoms with E-state index in [0.717, 1.165) is 17.5 Å². The number of carbonyl (C=O) groups excluding carboxylic acids is 2. The number of nitrogens with zero attached hydrogens (tertiary/aromatic N) is 2. The van der Waals surface area contributed by atoms with Crippen LogP contribution in [0.25, 0.3) is 10.9 Å². The molecule has 0 bridgehead atoms. The topological polar surface area (TPSA) is 56.4 Å². The largest absolute Gasteiger partial charge is 0.361 e. The van der Waals surface area contributed by atoms with Crippen molar-refractivity contribution in [2.45, 2.75) is 52.1 Å². The number of aromatic nitrogens is 1. The molecule has 32 heavy (non-hydrogen) atoms. The molecule has 1 heterocycles. The highest BCUT2D eigenvalue weighted by Crippen LogP contribution is 2.19. The molecule has 5 nitrogen and oxygen atoms in total. The Hall–Kier alpha value is -2.79. The number of H-pyrrole nitrogens is 1. The second-order valence-corrected chi connectivity index (χ2v) is 9.24. The Morgan fingerprint density at radius 1 is 1.03 bits per heavy atom. The summed E-state index contributed by atoms with van der Waals surface area (Å²) in [5.74, 6) is -0.299. The second-order valence-electron chi connectivity index (χ2n) is 8.59. The minimum absolute atomic E-state index is 0.0211. The average Bonchev–Trinajstić information content (AvgIpc) is 3.18. The van der Waals surface area contributed by atoms with Gasteiger partial charge in [-0.05, 0) is 51.3 Å². The molecule has 3 aromatic rings. The average molecular weight is 454 g/mol. The van der Waals surface area contributed by atoms with Gasteiger partial charge >= 0.3 is 0 Å². The summed E-state index contributed by atoms with van der Waals surface area (Å²) in [4.78, 5) is 32.6. The number of fused-ring (bicyclic) bond motifs is 1. The van der Waals surface area contributed by atoms with E-state index in [2.05, 4.69) is 23.2 Å². The Balaban J connectivity index is 1.79. The fraction of sp³-hybridized carbons (Fsp3) is 0.385. The first-order chi connectivity index (χ1) is 15.3. The number of nitrogens with one attached hydrogen (secondary N) is 1. The monoisotopic (exact) mass is 453 g/mol. The van der Waals surface area contributed by atoms with E-state index < -0.39 is 5.38 Å². The van der Waals surface area contributed by atoms with Gasteiger partial charge in [0.15, 0.2) is 0 Å². The first kappa shape index (κ1) is 23.9. The molecule has 6 heteroatoms. The van der Waals surface area contributed by atoms with Crippen molar-refractivity contribution in [1.29, 1.82) is 0 Å². The highest BCUT2D eigenvalue weighted by atomic mass is 35.5. The van der Waals surface area contributed by atoms with Crippen LogP contribution >= 0.6 is 11.6 Å². The minimum atomic E-state index is -0.665. The van der Waals surface area contributed by atoms with Crippen LogP contribution < -0.4 is 0 Å². The fourth-order valence-corrected chi connectivity index (χ4v) is 3.91. The number of halogens is 1. The SMILES string of the molecule is Cc1ccc(CN(CCc2c[nH]c3ccccc23)C(=O)CN(C(=O)C(C)Cl)C(C)C)cc1. The maximum absolute atomic E-state index is 13.4. The normalized spacial score (nSPS) is 12.2. The molecular weight excluding hydrogens is 422 g/mol. The standard InChI is InChI=1S/C26H32ClN3O2/c1-18(2)30(26(32)20(4)27)17-25(31)29(16-21-11-9-19(3)10-12-21)14-13-22-15-28-24-8-6-5-7-23(22)24/h5-12,15,18,20,28H,13-14,16-17H2,1-4H3. The predicted molar refractivity (Wildman–Crippen MR) is 131 cm³/mol. The quantitative estimate of drug-likeness (QED) is 0.468. The summed E-state index contributed by atoms with van der Waals surface area (Å²) in [5.41, 5.74) is 4.51. The van der Waals surface area contributed by atoms with Gasteiger partial charge in [-0.15, -0.1) is 11.6 Å². The van der Waals surface area contributed by atoms with Crippen LogP contribution in [0.2, 0.25) is 0 Å². The molecule has 2 amide bonds. The first-order valence-corrected chi connectivity index (χ1v) is 11.5. The summed E-state index contributed by atoms with van der Waals surface area (Å²) in [6.45, 7) is 8.58. The van der Waals surface area contributed by atoms with Crippen molar-refractivity contribution in [3.63, 3.8) is 0 Å². The number of aromatic amines is 1. The summed E-state index contributed by atoms with van der Waals surface area (Å²) >= 11 is 6.04. The third-order valence-corrected chi connectivity index (χ3v) is 5.91. The lowest BCUT2D eigenvalue weighted by atomic mass is 10.1. The van der Waals surface area contributed by atoms with Crippen LogP contribution in [0.3, 0.4) is 0 Å². The van der Waals surface area contributed by atoms with Crippen LogP contribution in [0.1, 0.15) is 37.5 Å². The number of aryl methyl sites for hydroxylation is 1. The van der Waals surface area contributed by atoms with E-state index in [-0.39, 0.29) is 24.4 Å². The van der Waals surface area contributed by atoms with Gasteiger partial charge in [-0.3, -0.25) is 9.59 Å². The van der Waals surface area contributed by atoms with E-state index in [1.165, 1.54) is 16.5 Å². The van der Waals surface area contributed by atoms with Crippen molar-refractivity contribution in [2.75, 3.05) is 13.1 Å². The van der Waals surface area contributed by atoms with Gasteiger partial charge in [0.1, 0.15) is 11.9 Å². The molecule has 1 atom stereocenters. The van der Waals surface area contributed by atoms with E-state index in [4.69, 9.17) is 11.6 Å².